The van der Waals surface area contributed by atoms with Gasteiger partial charge in [0.05, 0.1) is 0 Å². The van der Waals surface area contributed by atoms with Gasteiger partial charge >= 0.3 is 5.97 Å². The van der Waals surface area contributed by atoms with Crippen LogP contribution in [0.2, 0.25) is 0 Å². The summed E-state index contributed by atoms with van der Waals surface area (Å²) in [5.74, 6) is -0.655. The molecule has 1 N–H and O–H groups in total. The van der Waals surface area contributed by atoms with Gasteiger partial charge in [-0.2, -0.15) is 0 Å². The minimum atomic E-state index is -0.655. The standard InChI is InChI=1S/C17H34.C16H32O2/c1-3-5-7-9-11-13-15-17-16-14-12-10-8-6-4-2;1-2-3-4-5-6-7-8-9-10-11-12-13-14-15-16(17)18/h15,17H,3-14,16H2,1-2H3;2-15H2,1H3,(H,17,18)/b17-15-;. The van der Waals surface area contributed by atoms with Crippen LogP contribution in [0.25, 0.3) is 0 Å². The number of allylic oxidation sites excluding steroid dienone is 2. The quantitative estimate of drug-likeness (QED) is 0.0910. The molecule has 0 aliphatic heterocycles. The lowest BCUT2D eigenvalue weighted by Crippen LogP contribution is -1.93. The molecule has 0 spiro atoms. The molecule has 0 aliphatic rings. The van der Waals surface area contributed by atoms with Gasteiger partial charge in [-0.15, -0.1) is 0 Å². The summed E-state index contributed by atoms with van der Waals surface area (Å²) >= 11 is 0. The SMILES string of the molecule is CCCCCCC/C=C\CCCCCCCC.CCCCCCCCCCCCCCCC(=O)O. The Morgan fingerprint density at radius 2 is 0.686 bits per heavy atom. The normalized spacial score (nSPS) is 11.1. The van der Waals surface area contributed by atoms with Crippen LogP contribution in [0.5, 0.6) is 0 Å². The van der Waals surface area contributed by atoms with E-state index in [1.807, 2.05) is 0 Å². The van der Waals surface area contributed by atoms with E-state index in [-0.39, 0.29) is 0 Å². The number of rotatable bonds is 27. The predicted molar refractivity (Wildman–Crippen MR) is 158 cm³/mol. The minimum absolute atomic E-state index is 0.345. The van der Waals surface area contributed by atoms with Crippen molar-refractivity contribution in [3.05, 3.63) is 12.2 Å². The van der Waals surface area contributed by atoms with E-state index in [0.717, 1.165) is 12.8 Å². The van der Waals surface area contributed by atoms with Gasteiger partial charge in [0.2, 0.25) is 0 Å². The third-order valence-electron chi connectivity index (χ3n) is 6.86. The summed E-state index contributed by atoms with van der Waals surface area (Å²) in [6.07, 6.45) is 40.2. The van der Waals surface area contributed by atoms with E-state index in [0.29, 0.717) is 6.42 Å². The highest BCUT2D eigenvalue weighted by Gasteiger charge is 1.97. The monoisotopic (exact) mass is 495 g/mol. The fraction of sp³-hybridized carbons (Fsp3) is 0.909. The molecular weight excluding hydrogens is 428 g/mol. The lowest BCUT2D eigenvalue weighted by Gasteiger charge is -2.02. The molecule has 0 saturated carbocycles. The van der Waals surface area contributed by atoms with Crippen LogP contribution in [0.3, 0.4) is 0 Å². The van der Waals surface area contributed by atoms with Crippen molar-refractivity contribution in [1.29, 1.82) is 0 Å². The Morgan fingerprint density at radius 1 is 0.429 bits per heavy atom. The van der Waals surface area contributed by atoms with Crippen LogP contribution in [0.1, 0.15) is 194 Å². The average Bonchev–Trinajstić information content (AvgIpc) is 2.85. The smallest absolute Gasteiger partial charge is 0.303 e. The molecule has 0 aromatic rings. The fourth-order valence-corrected chi connectivity index (χ4v) is 4.44. The second-order valence-corrected chi connectivity index (χ2v) is 10.6. The number of hydrogen-bond donors (Lipinski definition) is 1. The Balaban J connectivity index is 0. The first-order chi connectivity index (χ1) is 17.2. The van der Waals surface area contributed by atoms with Crippen molar-refractivity contribution in [2.75, 3.05) is 0 Å². The first-order valence-electron chi connectivity index (χ1n) is 16.1. The highest BCUT2D eigenvalue weighted by molar-refractivity contribution is 5.66. The van der Waals surface area contributed by atoms with Crippen molar-refractivity contribution < 1.29 is 9.90 Å². The van der Waals surface area contributed by atoms with Crippen molar-refractivity contribution in [2.24, 2.45) is 0 Å². The summed E-state index contributed by atoms with van der Waals surface area (Å²) in [6.45, 7) is 6.82. The Bertz CT molecular complexity index is 402. The number of carboxylic acids is 1. The first-order valence-corrected chi connectivity index (χ1v) is 16.1. The van der Waals surface area contributed by atoms with E-state index in [9.17, 15) is 4.79 Å². The molecular formula is C33H66O2. The van der Waals surface area contributed by atoms with Gasteiger partial charge in [-0.3, -0.25) is 4.79 Å². The molecule has 0 heterocycles. The predicted octanol–water partition coefficient (Wildman–Crippen LogP) is 12.2. The van der Waals surface area contributed by atoms with Gasteiger partial charge in [-0.05, 0) is 32.1 Å². The molecule has 0 saturated heterocycles. The fourth-order valence-electron chi connectivity index (χ4n) is 4.44. The van der Waals surface area contributed by atoms with Gasteiger partial charge in [0, 0.05) is 6.42 Å². The van der Waals surface area contributed by atoms with Crippen molar-refractivity contribution >= 4 is 5.97 Å². The molecule has 0 aromatic carbocycles. The molecule has 0 atom stereocenters. The summed E-state index contributed by atoms with van der Waals surface area (Å²) in [5.41, 5.74) is 0. The van der Waals surface area contributed by atoms with Crippen molar-refractivity contribution in [1.82, 2.24) is 0 Å². The summed E-state index contributed by atoms with van der Waals surface area (Å²) in [5, 5.41) is 8.49. The second-order valence-electron chi connectivity index (χ2n) is 10.6. The zero-order valence-electron chi connectivity index (χ0n) is 24.6. The van der Waals surface area contributed by atoms with Crippen LogP contribution in [0, 0.1) is 0 Å². The van der Waals surface area contributed by atoms with Gasteiger partial charge < -0.3 is 5.11 Å². The third kappa shape index (κ3) is 40.6. The Labute approximate surface area is 222 Å². The molecule has 0 radical (unpaired) electrons. The molecule has 0 unspecified atom stereocenters. The van der Waals surface area contributed by atoms with Crippen molar-refractivity contribution in [2.45, 2.75) is 194 Å². The maximum atomic E-state index is 10.3. The zero-order chi connectivity index (χ0) is 26.1. The third-order valence-corrected chi connectivity index (χ3v) is 6.86. The highest BCUT2D eigenvalue weighted by atomic mass is 16.4. The van der Waals surface area contributed by atoms with Gasteiger partial charge in [-0.25, -0.2) is 0 Å². The maximum Gasteiger partial charge on any atom is 0.303 e. The maximum absolute atomic E-state index is 10.3. The zero-order valence-corrected chi connectivity index (χ0v) is 24.6. The molecule has 35 heavy (non-hydrogen) atoms. The van der Waals surface area contributed by atoms with Crippen LogP contribution >= 0.6 is 0 Å². The van der Waals surface area contributed by atoms with E-state index >= 15 is 0 Å². The van der Waals surface area contributed by atoms with Gasteiger partial charge in [0.15, 0.2) is 0 Å². The van der Waals surface area contributed by atoms with Crippen molar-refractivity contribution in [3.63, 3.8) is 0 Å². The minimum Gasteiger partial charge on any atom is -0.481 e. The number of unbranched alkanes of at least 4 members (excludes halogenated alkanes) is 23. The van der Waals surface area contributed by atoms with Crippen LogP contribution in [-0.4, -0.2) is 11.1 Å². The van der Waals surface area contributed by atoms with Gasteiger partial charge in [0.25, 0.3) is 0 Å². The number of aliphatic carboxylic acids is 1. The molecule has 0 aliphatic carbocycles. The molecule has 0 amide bonds. The van der Waals surface area contributed by atoms with Crippen LogP contribution in [0.15, 0.2) is 12.2 Å². The second kappa shape index (κ2) is 35.4. The molecule has 2 nitrogen and oxygen atoms in total. The molecule has 0 bridgehead atoms. The first kappa shape index (κ1) is 36.4. The van der Waals surface area contributed by atoms with Gasteiger partial charge in [0.1, 0.15) is 0 Å². The average molecular weight is 495 g/mol. The molecule has 0 fully saturated rings. The number of hydrogen-bond acceptors (Lipinski definition) is 1. The topological polar surface area (TPSA) is 37.3 Å². The summed E-state index contributed by atoms with van der Waals surface area (Å²) in [6, 6.07) is 0. The van der Waals surface area contributed by atoms with Crippen LogP contribution in [0.4, 0.5) is 0 Å². The van der Waals surface area contributed by atoms with E-state index in [1.165, 1.54) is 154 Å². The van der Waals surface area contributed by atoms with Crippen molar-refractivity contribution in [3.8, 4) is 0 Å². The summed E-state index contributed by atoms with van der Waals surface area (Å²) < 4.78 is 0. The molecule has 0 rings (SSSR count). The molecule has 2 heteroatoms. The van der Waals surface area contributed by atoms with E-state index in [1.54, 1.807) is 0 Å². The Kier molecular flexibility index (Phi) is 36.8. The molecule has 0 aromatic heterocycles. The Hall–Kier alpha value is -0.790. The summed E-state index contributed by atoms with van der Waals surface area (Å²) in [7, 11) is 0. The van der Waals surface area contributed by atoms with Crippen LogP contribution < -0.4 is 0 Å². The number of carbonyl (C=O) groups is 1. The van der Waals surface area contributed by atoms with E-state index < -0.39 is 5.97 Å². The van der Waals surface area contributed by atoms with Crippen LogP contribution in [-0.2, 0) is 4.79 Å². The lowest BCUT2D eigenvalue weighted by atomic mass is 10.0. The largest absolute Gasteiger partial charge is 0.481 e. The highest BCUT2D eigenvalue weighted by Crippen LogP contribution is 2.13. The number of carboxylic acid groups (broad SMARTS) is 1. The summed E-state index contributed by atoms with van der Waals surface area (Å²) in [4.78, 5) is 10.3. The Morgan fingerprint density at radius 3 is 0.971 bits per heavy atom. The van der Waals surface area contributed by atoms with E-state index in [4.69, 9.17) is 5.11 Å². The molecule has 210 valence electrons. The van der Waals surface area contributed by atoms with Gasteiger partial charge in [-0.1, -0.05) is 168 Å². The van der Waals surface area contributed by atoms with E-state index in [2.05, 4.69) is 32.9 Å². The lowest BCUT2D eigenvalue weighted by molar-refractivity contribution is -0.137.